The molecule has 0 amide bonds. The number of aliphatic hydroxyl groups is 1. The zero-order chi connectivity index (χ0) is 14.0. The van der Waals surface area contributed by atoms with E-state index in [2.05, 4.69) is 13.8 Å². The molecule has 2 rings (SSSR count). The van der Waals surface area contributed by atoms with Gasteiger partial charge in [-0.3, -0.25) is 0 Å². The minimum absolute atomic E-state index is 0.230. The minimum Gasteiger partial charge on any atom is -0.392 e. The average Bonchev–Trinajstić information content (AvgIpc) is 2.33. The van der Waals surface area contributed by atoms with Crippen LogP contribution in [0.3, 0.4) is 0 Å². The van der Waals surface area contributed by atoms with Crippen LogP contribution in [0.2, 0.25) is 10.0 Å². The van der Waals surface area contributed by atoms with E-state index in [0.717, 1.165) is 12.0 Å². The highest BCUT2D eigenvalue weighted by Gasteiger charge is 2.36. The van der Waals surface area contributed by atoms with Gasteiger partial charge < -0.3 is 5.11 Å². The van der Waals surface area contributed by atoms with Crippen molar-refractivity contribution >= 4 is 23.2 Å². The summed E-state index contributed by atoms with van der Waals surface area (Å²) in [7, 11) is 0. The number of aliphatic hydroxyl groups excluding tert-OH is 1. The topological polar surface area (TPSA) is 20.2 Å². The molecule has 0 aromatic heterocycles. The molecule has 0 heterocycles. The summed E-state index contributed by atoms with van der Waals surface area (Å²) in [5.74, 6) is 0.371. The third kappa shape index (κ3) is 3.65. The molecule has 0 bridgehead atoms. The second-order valence-corrected chi connectivity index (χ2v) is 7.18. The van der Waals surface area contributed by atoms with Gasteiger partial charge in [-0.15, -0.1) is 0 Å². The molecular formula is C16H22Cl2O. The lowest BCUT2D eigenvalue weighted by molar-refractivity contribution is 0.00581. The molecule has 1 aliphatic rings. The monoisotopic (exact) mass is 300 g/mol. The van der Waals surface area contributed by atoms with E-state index in [1.807, 2.05) is 12.1 Å². The summed E-state index contributed by atoms with van der Waals surface area (Å²) in [6, 6.07) is 5.62. The Hall–Kier alpha value is -0.240. The van der Waals surface area contributed by atoms with Gasteiger partial charge in [0.05, 0.1) is 16.1 Å². The van der Waals surface area contributed by atoms with Gasteiger partial charge in [-0.1, -0.05) is 56.0 Å². The van der Waals surface area contributed by atoms with Gasteiger partial charge in [0.1, 0.15) is 0 Å². The van der Waals surface area contributed by atoms with Gasteiger partial charge in [0.25, 0.3) is 0 Å². The Bertz CT molecular complexity index is 442. The van der Waals surface area contributed by atoms with Gasteiger partial charge >= 0.3 is 0 Å². The highest BCUT2D eigenvalue weighted by Crippen LogP contribution is 2.43. The van der Waals surface area contributed by atoms with Crippen LogP contribution in [0.25, 0.3) is 0 Å². The SMILES string of the molecule is CC1(C)CCCCC1C(O)Cc1ccc(Cl)c(Cl)c1. The van der Waals surface area contributed by atoms with E-state index in [4.69, 9.17) is 23.2 Å². The fraction of sp³-hybridized carbons (Fsp3) is 0.625. The Balaban J connectivity index is 2.07. The number of hydrogen-bond acceptors (Lipinski definition) is 1. The third-order valence-electron chi connectivity index (χ3n) is 4.48. The Kier molecular flexibility index (Phi) is 4.81. The van der Waals surface area contributed by atoms with E-state index in [0.29, 0.717) is 22.4 Å². The summed E-state index contributed by atoms with van der Waals surface area (Å²) in [5, 5.41) is 11.7. The summed E-state index contributed by atoms with van der Waals surface area (Å²) >= 11 is 11.9. The van der Waals surface area contributed by atoms with Crippen molar-refractivity contribution in [1.82, 2.24) is 0 Å². The summed E-state index contributed by atoms with van der Waals surface area (Å²) in [6.07, 6.45) is 5.19. The predicted molar refractivity (Wildman–Crippen MR) is 81.9 cm³/mol. The Morgan fingerprint density at radius 1 is 1.26 bits per heavy atom. The van der Waals surface area contributed by atoms with Crippen LogP contribution < -0.4 is 0 Å². The van der Waals surface area contributed by atoms with Gasteiger partial charge in [0, 0.05) is 0 Å². The van der Waals surface area contributed by atoms with Crippen LogP contribution in [-0.4, -0.2) is 11.2 Å². The molecule has 2 unspecified atom stereocenters. The quantitative estimate of drug-likeness (QED) is 0.822. The lowest BCUT2D eigenvalue weighted by Gasteiger charge is -2.41. The molecule has 1 nitrogen and oxygen atoms in total. The van der Waals surface area contributed by atoms with Crippen molar-refractivity contribution in [2.75, 3.05) is 0 Å². The first-order valence-electron chi connectivity index (χ1n) is 7.02. The molecular weight excluding hydrogens is 279 g/mol. The molecule has 1 saturated carbocycles. The first-order valence-corrected chi connectivity index (χ1v) is 7.78. The van der Waals surface area contributed by atoms with E-state index in [1.165, 1.54) is 19.3 Å². The number of hydrogen-bond donors (Lipinski definition) is 1. The molecule has 19 heavy (non-hydrogen) atoms. The molecule has 0 saturated heterocycles. The molecule has 2 atom stereocenters. The van der Waals surface area contributed by atoms with Gasteiger partial charge in [0.2, 0.25) is 0 Å². The number of rotatable bonds is 3. The first kappa shape index (κ1) is 15.2. The van der Waals surface area contributed by atoms with Crippen LogP contribution in [0.1, 0.15) is 45.1 Å². The zero-order valence-corrected chi connectivity index (χ0v) is 13.1. The van der Waals surface area contributed by atoms with E-state index >= 15 is 0 Å². The van der Waals surface area contributed by atoms with E-state index < -0.39 is 0 Å². The van der Waals surface area contributed by atoms with Crippen LogP contribution >= 0.6 is 23.2 Å². The summed E-state index contributed by atoms with van der Waals surface area (Å²) in [4.78, 5) is 0. The second kappa shape index (κ2) is 6.03. The highest BCUT2D eigenvalue weighted by atomic mass is 35.5. The molecule has 3 heteroatoms. The zero-order valence-electron chi connectivity index (χ0n) is 11.6. The molecule has 106 valence electrons. The van der Waals surface area contributed by atoms with Crippen LogP contribution in [0.5, 0.6) is 0 Å². The molecule has 1 aliphatic carbocycles. The van der Waals surface area contributed by atoms with Crippen LogP contribution in [0, 0.1) is 11.3 Å². The molecule has 1 N–H and O–H groups in total. The second-order valence-electron chi connectivity index (χ2n) is 6.36. The Morgan fingerprint density at radius 3 is 2.63 bits per heavy atom. The standard InChI is InChI=1S/C16H22Cl2O/c1-16(2)8-4-3-5-12(16)15(19)10-11-6-7-13(17)14(18)9-11/h6-7,9,12,15,19H,3-5,8,10H2,1-2H3. The highest BCUT2D eigenvalue weighted by molar-refractivity contribution is 6.42. The Morgan fingerprint density at radius 2 is 2.00 bits per heavy atom. The van der Waals surface area contributed by atoms with Crippen LogP contribution in [0.4, 0.5) is 0 Å². The molecule has 0 spiro atoms. The molecule has 1 fully saturated rings. The van der Waals surface area contributed by atoms with Crippen molar-refractivity contribution in [1.29, 1.82) is 0 Å². The molecule has 1 aromatic rings. The van der Waals surface area contributed by atoms with E-state index in [9.17, 15) is 5.11 Å². The van der Waals surface area contributed by atoms with Gasteiger partial charge in [-0.25, -0.2) is 0 Å². The summed E-state index contributed by atoms with van der Waals surface area (Å²) < 4.78 is 0. The molecule has 1 aromatic carbocycles. The average molecular weight is 301 g/mol. The first-order chi connectivity index (χ1) is 8.90. The van der Waals surface area contributed by atoms with Gasteiger partial charge in [0.15, 0.2) is 0 Å². The van der Waals surface area contributed by atoms with Crippen molar-refractivity contribution < 1.29 is 5.11 Å². The number of benzene rings is 1. The van der Waals surface area contributed by atoms with Crippen molar-refractivity contribution in [2.45, 2.75) is 52.1 Å². The summed E-state index contributed by atoms with van der Waals surface area (Å²) in [6.45, 7) is 4.55. The lowest BCUT2D eigenvalue weighted by atomic mass is 9.66. The maximum absolute atomic E-state index is 10.5. The van der Waals surface area contributed by atoms with Crippen molar-refractivity contribution in [3.05, 3.63) is 33.8 Å². The normalized spacial score (nSPS) is 24.2. The fourth-order valence-electron chi connectivity index (χ4n) is 3.28. The van der Waals surface area contributed by atoms with Crippen LogP contribution in [-0.2, 0) is 6.42 Å². The maximum Gasteiger partial charge on any atom is 0.0613 e. The third-order valence-corrected chi connectivity index (χ3v) is 5.22. The van der Waals surface area contributed by atoms with Crippen molar-refractivity contribution in [3.63, 3.8) is 0 Å². The summed E-state index contributed by atoms with van der Waals surface area (Å²) in [5.41, 5.74) is 1.29. The number of halogens is 2. The van der Waals surface area contributed by atoms with Crippen molar-refractivity contribution in [2.24, 2.45) is 11.3 Å². The smallest absolute Gasteiger partial charge is 0.0613 e. The lowest BCUT2D eigenvalue weighted by Crippen LogP contribution is -2.37. The van der Waals surface area contributed by atoms with E-state index in [1.54, 1.807) is 6.07 Å². The van der Waals surface area contributed by atoms with Crippen molar-refractivity contribution in [3.8, 4) is 0 Å². The maximum atomic E-state index is 10.5. The van der Waals surface area contributed by atoms with Crippen LogP contribution in [0.15, 0.2) is 18.2 Å². The van der Waals surface area contributed by atoms with Gasteiger partial charge in [-0.2, -0.15) is 0 Å². The Labute approximate surface area is 125 Å². The minimum atomic E-state index is -0.299. The van der Waals surface area contributed by atoms with E-state index in [-0.39, 0.29) is 11.5 Å². The predicted octanol–water partition coefficient (Wildman–Crippen LogP) is 5.11. The largest absolute Gasteiger partial charge is 0.392 e. The van der Waals surface area contributed by atoms with Gasteiger partial charge in [-0.05, 0) is 48.3 Å². The molecule has 0 aliphatic heterocycles. The fourth-order valence-corrected chi connectivity index (χ4v) is 3.61. The molecule has 0 radical (unpaired) electrons.